The summed E-state index contributed by atoms with van der Waals surface area (Å²) in [6.45, 7) is 5.36. The minimum Gasteiger partial charge on any atom is -0.382 e. The van der Waals surface area contributed by atoms with Crippen LogP contribution in [-0.4, -0.2) is 45.8 Å². The lowest BCUT2D eigenvalue weighted by Crippen LogP contribution is -2.19. The normalized spacial score (nSPS) is 14.7. The molecule has 1 fully saturated rings. The van der Waals surface area contributed by atoms with Crippen LogP contribution in [0.3, 0.4) is 0 Å². The first-order valence-electron chi connectivity index (χ1n) is 11.7. The summed E-state index contributed by atoms with van der Waals surface area (Å²) >= 11 is 0. The molecule has 0 radical (unpaired) electrons. The van der Waals surface area contributed by atoms with E-state index in [9.17, 15) is 5.11 Å². The fourth-order valence-corrected chi connectivity index (χ4v) is 4.29. The molecule has 0 bridgehead atoms. The molecular formula is C24H29N9O. The molecule has 0 spiro atoms. The predicted molar refractivity (Wildman–Crippen MR) is 130 cm³/mol. The van der Waals surface area contributed by atoms with E-state index in [2.05, 4.69) is 32.3 Å². The van der Waals surface area contributed by atoms with Gasteiger partial charge in [0.05, 0.1) is 24.3 Å². The Morgan fingerprint density at radius 3 is 2.47 bits per heavy atom. The largest absolute Gasteiger partial charge is 0.382 e. The van der Waals surface area contributed by atoms with Crippen LogP contribution in [0, 0.1) is 0 Å². The fourth-order valence-electron chi connectivity index (χ4n) is 4.29. The second kappa shape index (κ2) is 8.60. The van der Waals surface area contributed by atoms with Crippen LogP contribution in [0.2, 0.25) is 0 Å². The summed E-state index contributed by atoms with van der Waals surface area (Å²) in [4.78, 5) is 22.7. The summed E-state index contributed by atoms with van der Waals surface area (Å²) in [6.07, 6.45) is 14.1. The highest BCUT2D eigenvalue weighted by molar-refractivity contribution is 5.96. The molecule has 0 unspecified atom stereocenters. The van der Waals surface area contributed by atoms with Gasteiger partial charge in [-0.05, 0) is 33.1 Å². The zero-order chi connectivity index (χ0) is 23.9. The average molecular weight is 460 g/mol. The number of fused-ring (bicyclic) bond motifs is 1. The molecule has 4 heterocycles. The van der Waals surface area contributed by atoms with Crippen LogP contribution in [0.15, 0.2) is 31.0 Å². The highest BCUT2D eigenvalue weighted by Gasteiger charge is 2.21. The SMILES string of the molecule is CCc1nc2c(N)ncc(-c3cnn(-c4cnc(C(C)(C)O)nc4)c3)c2nc1NC1CCCC1. The second-order valence-corrected chi connectivity index (χ2v) is 9.25. The van der Waals surface area contributed by atoms with Gasteiger partial charge in [-0.15, -0.1) is 0 Å². The Bertz CT molecular complexity index is 1320. The lowest BCUT2D eigenvalue weighted by Gasteiger charge is -2.17. The molecular weight excluding hydrogens is 430 g/mol. The minimum atomic E-state index is -1.11. The van der Waals surface area contributed by atoms with Gasteiger partial charge in [-0.3, -0.25) is 0 Å². The number of pyridine rings is 1. The number of aromatic nitrogens is 7. The van der Waals surface area contributed by atoms with E-state index in [0.29, 0.717) is 34.4 Å². The van der Waals surface area contributed by atoms with Crippen LogP contribution in [0.5, 0.6) is 0 Å². The third kappa shape index (κ3) is 4.16. The first-order chi connectivity index (χ1) is 16.3. The van der Waals surface area contributed by atoms with Gasteiger partial charge < -0.3 is 16.2 Å². The van der Waals surface area contributed by atoms with Gasteiger partial charge in [-0.1, -0.05) is 19.8 Å². The number of aliphatic hydroxyl groups is 1. The van der Waals surface area contributed by atoms with Crippen molar-refractivity contribution in [2.24, 2.45) is 0 Å². The standard InChI is InChI=1S/C24H29N9O/c1-4-18-22(30-15-7-5-6-8-15)32-19-17(12-26-21(25)20(19)31-18)14-9-29-33(13-14)16-10-27-23(28-11-16)24(2,3)34/h9-13,15,34H,4-8H2,1-3H3,(H2,25,26)(H,30,32). The van der Waals surface area contributed by atoms with Crippen LogP contribution < -0.4 is 11.1 Å². The van der Waals surface area contributed by atoms with Gasteiger partial charge in [0.2, 0.25) is 0 Å². The third-order valence-corrected chi connectivity index (χ3v) is 6.17. The van der Waals surface area contributed by atoms with Crippen molar-refractivity contribution in [3.8, 4) is 16.8 Å². The molecule has 0 aromatic carbocycles. The summed E-state index contributed by atoms with van der Waals surface area (Å²) in [5, 5.41) is 18.2. The number of nitrogens with one attached hydrogen (secondary N) is 1. The van der Waals surface area contributed by atoms with E-state index in [1.807, 2.05) is 6.20 Å². The van der Waals surface area contributed by atoms with E-state index in [-0.39, 0.29) is 0 Å². The maximum atomic E-state index is 10.1. The van der Waals surface area contributed by atoms with E-state index >= 15 is 0 Å². The fraction of sp³-hybridized carbons (Fsp3) is 0.417. The molecule has 1 aliphatic carbocycles. The zero-order valence-electron chi connectivity index (χ0n) is 19.7. The number of nitrogen functional groups attached to an aromatic ring is 1. The Labute approximate surface area is 197 Å². The lowest BCUT2D eigenvalue weighted by atomic mass is 10.1. The first kappa shape index (κ1) is 22.1. The molecule has 4 aromatic heterocycles. The molecule has 176 valence electrons. The molecule has 10 nitrogen and oxygen atoms in total. The number of rotatable bonds is 6. The van der Waals surface area contributed by atoms with Gasteiger partial charge in [0, 0.05) is 29.6 Å². The van der Waals surface area contributed by atoms with E-state index in [1.54, 1.807) is 43.3 Å². The lowest BCUT2D eigenvalue weighted by molar-refractivity contribution is 0.0687. The Morgan fingerprint density at radius 1 is 1.06 bits per heavy atom. The molecule has 4 N–H and O–H groups in total. The van der Waals surface area contributed by atoms with Crippen LogP contribution in [0.25, 0.3) is 27.8 Å². The van der Waals surface area contributed by atoms with Crippen molar-refractivity contribution in [1.82, 2.24) is 34.7 Å². The summed E-state index contributed by atoms with van der Waals surface area (Å²) in [7, 11) is 0. The van der Waals surface area contributed by atoms with Gasteiger partial charge >= 0.3 is 0 Å². The summed E-state index contributed by atoms with van der Waals surface area (Å²) < 4.78 is 1.68. The quantitative estimate of drug-likeness (QED) is 0.395. The number of hydrogen-bond donors (Lipinski definition) is 3. The number of anilines is 2. The predicted octanol–water partition coefficient (Wildman–Crippen LogP) is 3.39. The second-order valence-electron chi connectivity index (χ2n) is 9.25. The zero-order valence-corrected chi connectivity index (χ0v) is 19.7. The van der Waals surface area contributed by atoms with E-state index in [4.69, 9.17) is 15.7 Å². The van der Waals surface area contributed by atoms with E-state index < -0.39 is 5.60 Å². The van der Waals surface area contributed by atoms with Crippen LogP contribution in [0.4, 0.5) is 11.6 Å². The van der Waals surface area contributed by atoms with Crippen molar-refractivity contribution >= 4 is 22.7 Å². The van der Waals surface area contributed by atoms with Crippen LogP contribution in [-0.2, 0) is 12.0 Å². The van der Waals surface area contributed by atoms with Crippen molar-refractivity contribution in [3.05, 3.63) is 42.5 Å². The number of aryl methyl sites for hydroxylation is 1. The number of nitrogens with two attached hydrogens (primary N) is 1. The van der Waals surface area contributed by atoms with Gasteiger partial charge in [0.1, 0.15) is 28.1 Å². The smallest absolute Gasteiger partial charge is 0.159 e. The van der Waals surface area contributed by atoms with Crippen molar-refractivity contribution in [3.63, 3.8) is 0 Å². The van der Waals surface area contributed by atoms with Crippen molar-refractivity contribution in [2.75, 3.05) is 11.1 Å². The van der Waals surface area contributed by atoms with Crippen molar-refractivity contribution < 1.29 is 5.11 Å². The van der Waals surface area contributed by atoms with Gasteiger partial charge in [-0.25, -0.2) is 29.6 Å². The van der Waals surface area contributed by atoms with E-state index in [1.165, 1.54) is 12.8 Å². The first-order valence-corrected chi connectivity index (χ1v) is 11.7. The highest BCUT2D eigenvalue weighted by Crippen LogP contribution is 2.32. The Morgan fingerprint density at radius 2 is 1.79 bits per heavy atom. The summed E-state index contributed by atoms with van der Waals surface area (Å²) in [5.74, 6) is 1.52. The molecule has 34 heavy (non-hydrogen) atoms. The molecule has 0 saturated heterocycles. The maximum Gasteiger partial charge on any atom is 0.159 e. The molecule has 10 heteroatoms. The van der Waals surface area contributed by atoms with Crippen molar-refractivity contribution in [1.29, 1.82) is 0 Å². The van der Waals surface area contributed by atoms with Crippen LogP contribution in [0.1, 0.15) is 58.0 Å². The molecule has 1 saturated carbocycles. The monoisotopic (exact) mass is 459 g/mol. The Balaban J connectivity index is 1.55. The Kier molecular flexibility index (Phi) is 5.60. The highest BCUT2D eigenvalue weighted by atomic mass is 16.3. The van der Waals surface area contributed by atoms with Crippen LogP contribution >= 0.6 is 0 Å². The molecule has 0 aliphatic heterocycles. The Hall–Kier alpha value is -3.66. The molecule has 0 atom stereocenters. The van der Waals surface area contributed by atoms with Gasteiger partial charge in [-0.2, -0.15) is 5.10 Å². The molecule has 5 rings (SSSR count). The molecule has 1 aliphatic rings. The third-order valence-electron chi connectivity index (χ3n) is 6.17. The van der Waals surface area contributed by atoms with Crippen molar-refractivity contribution in [2.45, 2.75) is 64.5 Å². The van der Waals surface area contributed by atoms with E-state index in [0.717, 1.165) is 41.9 Å². The number of hydrogen-bond acceptors (Lipinski definition) is 9. The topological polar surface area (TPSA) is 141 Å². The van der Waals surface area contributed by atoms with Gasteiger partial charge in [0.25, 0.3) is 0 Å². The summed E-state index contributed by atoms with van der Waals surface area (Å²) in [5.41, 5.74) is 9.57. The summed E-state index contributed by atoms with van der Waals surface area (Å²) in [6, 6.07) is 0.425. The molecule has 0 amide bonds. The van der Waals surface area contributed by atoms with Gasteiger partial charge in [0.15, 0.2) is 11.6 Å². The molecule has 4 aromatic rings. The average Bonchev–Trinajstić information content (AvgIpc) is 3.51. The maximum absolute atomic E-state index is 10.1. The number of nitrogens with zero attached hydrogens (tertiary/aromatic N) is 7. The minimum absolute atomic E-state index is 0.349.